The van der Waals surface area contributed by atoms with Gasteiger partial charge in [-0.1, -0.05) is 30.7 Å². The minimum atomic E-state index is -3.76. The first-order valence-electron chi connectivity index (χ1n) is 7.09. The van der Waals surface area contributed by atoms with Crippen LogP contribution in [-0.2, 0) is 14.8 Å². The number of nitrogens with one attached hydrogen (secondary N) is 2. The predicted octanol–water partition coefficient (Wildman–Crippen LogP) is 3.88. The molecule has 2 aromatic rings. The molecule has 0 heterocycles. The molecule has 0 saturated carbocycles. The summed E-state index contributed by atoms with van der Waals surface area (Å²) in [6.45, 7) is 1.90. The number of amides is 1. The SMILES string of the molecule is CCCC(=O)Nc1cccc(S(=O)(=O)Nc2cccc(Cl)c2)c1. The van der Waals surface area contributed by atoms with E-state index < -0.39 is 10.0 Å². The molecule has 0 aliphatic heterocycles. The molecule has 0 unspecified atom stereocenters. The third-order valence-corrected chi connectivity index (χ3v) is 4.60. The van der Waals surface area contributed by atoms with E-state index >= 15 is 0 Å². The maximum Gasteiger partial charge on any atom is 0.261 e. The number of carbonyl (C=O) groups excluding carboxylic acids is 1. The van der Waals surface area contributed by atoms with E-state index in [0.717, 1.165) is 6.42 Å². The van der Waals surface area contributed by atoms with Gasteiger partial charge in [0.1, 0.15) is 0 Å². The molecule has 0 atom stereocenters. The van der Waals surface area contributed by atoms with Gasteiger partial charge in [-0.2, -0.15) is 0 Å². The Kier molecular flexibility index (Phi) is 5.63. The summed E-state index contributed by atoms with van der Waals surface area (Å²) in [7, 11) is -3.76. The van der Waals surface area contributed by atoms with Crippen molar-refractivity contribution in [3.05, 3.63) is 53.6 Å². The van der Waals surface area contributed by atoms with Gasteiger partial charge < -0.3 is 5.32 Å². The molecule has 0 spiro atoms. The van der Waals surface area contributed by atoms with Crippen LogP contribution in [0.3, 0.4) is 0 Å². The first kappa shape index (κ1) is 17.3. The molecule has 2 N–H and O–H groups in total. The van der Waals surface area contributed by atoms with E-state index in [1.807, 2.05) is 6.92 Å². The van der Waals surface area contributed by atoms with Gasteiger partial charge in [-0.15, -0.1) is 0 Å². The molecule has 23 heavy (non-hydrogen) atoms. The number of hydrogen-bond donors (Lipinski definition) is 2. The first-order valence-corrected chi connectivity index (χ1v) is 8.95. The van der Waals surface area contributed by atoms with E-state index in [-0.39, 0.29) is 10.8 Å². The lowest BCUT2D eigenvalue weighted by Crippen LogP contribution is -2.14. The Bertz CT molecular complexity index is 806. The summed E-state index contributed by atoms with van der Waals surface area (Å²) in [5.41, 5.74) is 0.815. The number of sulfonamides is 1. The molecule has 0 radical (unpaired) electrons. The molecule has 7 heteroatoms. The van der Waals surface area contributed by atoms with Crippen LogP contribution in [0.5, 0.6) is 0 Å². The maximum absolute atomic E-state index is 12.4. The lowest BCUT2D eigenvalue weighted by Gasteiger charge is -2.10. The average Bonchev–Trinajstić information content (AvgIpc) is 2.47. The Morgan fingerprint density at radius 3 is 2.48 bits per heavy atom. The zero-order valence-corrected chi connectivity index (χ0v) is 14.1. The fourth-order valence-corrected chi connectivity index (χ4v) is 3.24. The Morgan fingerprint density at radius 1 is 1.09 bits per heavy atom. The van der Waals surface area contributed by atoms with E-state index in [1.54, 1.807) is 30.3 Å². The topological polar surface area (TPSA) is 75.3 Å². The second kappa shape index (κ2) is 7.48. The van der Waals surface area contributed by atoms with Crippen molar-refractivity contribution in [2.24, 2.45) is 0 Å². The molecule has 0 aromatic heterocycles. The number of carbonyl (C=O) groups is 1. The Balaban J connectivity index is 2.21. The summed E-state index contributed by atoms with van der Waals surface area (Å²) in [4.78, 5) is 11.7. The highest BCUT2D eigenvalue weighted by atomic mass is 35.5. The highest BCUT2D eigenvalue weighted by molar-refractivity contribution is 7.92. The van der Waals surface area contributed by atoms with Crippen molar-refractivity contribution in [1.82, 2.24) is 0 Å². The fourth-order valence-electron chi connectivity index (χ4n) is 1.96. The van der Waals surface area contributed by atoms with Crippen LogP contribution >= 0.6 is 11.6 Å². The second-order valence-corrected chi connectivity index (χ2v) is 7.06. The van der Waals surface area contributed by atoms with E-state index in [0.29, 0.717) is 22.8 Å². The van der Waals surface area contributed by atoms with Crippen LogP contribution in [0.4, 0.5) is 11.4 Å². The van der Waals surface area contributed by atoms with Crippen LogP contribution in [-0.4, -0.2) is 14.3 Å². The Labute approximate surface area is 140 Å². The molecule has 0 saturated heterocycles. The van der Waals surface area contributed by atoms with Crippen molar-refractivity contribution in [3.63, 3.8) is 0 Å². The van der Waals surface area contributed by atoms with Gasteiger partial charge in [0, 0.05) is 17.1 Å². The van der Waals surface area contributed by atoms with E-state index in [4.69, 9.17) is 11.6 Å². The lowest BCUT2D eigenvalue weighted by molar-refractivity contribution is -0.116. The van der Waals surface area contributed by atoms with Crippen molar-refractivity contribution in [3.8, 4) is 0 Å². The van der Waals surface area contributed by atoms with Gasteiger partial charge in [-0.3, -0.25) is 9.52 Å². The molecule has 5 nitrogen and oxygen atoms in total. The third kappa shape index (κ3) is 4.97. The summed E-state index contributed by atoms with van der Waals surface area (Å²) < 4.78 is 27.3. The van der Waals surface area contributed by atoms with Crippen LogP contribution < -0.4 is 10.0 Å². The number of rotatable bonds is 6. The minimum absolute atomic E-state index is 0.0618. The van der Waals surface area contributed by atoms with Crippen LogP contribution in [0.1, 0.15) is 19.8 Å². The standard InChI is InChI=1S/C16H17ClN2O3S/c1-2-5-16(20)18-13-7-4-9-15(11-13)23(21,22)19-14-8-3-6-12(17)10-14/h3-4,6-11,19H,2,5H2,1H3,(H,18,20). The van der Waals surface area contributed by atoms with Gasteiger partial charge in [0.15, 0.2) is 0 Å². The summed E-state index contributed by atoms with van der Waals surface area (Å²) in [6, 6.07) is 12.5. The molecule has 0 aliphatic carbocycles. The molecule has 0 aliphatic rings. The average molecular weight is 353 g/mol. The quantitative estimate of drug-likeness (QED) is 0.828. The summed E-state index contributed by atoms with van der Waals surface area (Å²) in [5, 5.41) is 3.11. The van der Waals surface area contributed by atoms with E-state index in [2.05, 4.69) is 10.0 Å². The summed E-state index contributed by atoms with van der Waals surface area (Å²) in [6.07, 6.45) is 1.11. The van der Waals surface area contributed by atoms with Crippen molar-refractivity contribution in [2.45, 2.75) is 24.7 Å². The zero-order valence-electron chi connectivity index (χ0n) is 12.5. The maximum atomic E-state index is 12.4. The molecular weight excluding hydrogens is 336 g/mol. The van der Waals surface area contributed by atoms with Crippen molar-refractivity contribution < 1.29 is 13.2 Å². The number of benzene rings is 2. The van der Waals surface area contributed by atoms with Crippen LogP contribution in [0, 0.1) is 0 Å². The predicted molar refractivity (Wildman–Crippen MR) is 92.2 cm³/mol. The summed E-state index contributed by atoms with van der Waals surface area (Å²) in [5.74, 6) is -0.148. The molecule has 122 valence electrons. The number of anilines is 2. The highest BCUT2D eigenvalue weighted by Crippen LogP contribution is 2.21. The zero-order chi connectivity index (χ0) is 16.9. The van der Waals surface area contributed by atoms with E-state index in [9.17, 15) is 13.2 Å². The first-order chi connectivity index (χ1) is 10.9. The number of hydrogen-bond acceptors (Lipinski definition) is 3. The fraction of sp³-hybridized carbons (Fsp3) is 0.188. The molecule has 0 fully saturated rings. The van der Waals surface area contributed by atoms with Crippen molar-refractivity contribution in [1.29, 1.82) is 0 Å². The summed E-state index contributed by atoms with van der Waals surface area (Å²) >= 11 is 5.85. The molecule has 2 rings (SSSR count). The molecular formula is C16H17ClN2O3S. The Hall–Kier alpha value is -2.05. The van der Waals surface area contributed by atoms with Gasteiger partial charge in [-0.05, 0) is 42.8 Å². The lowest BCUT2D eigenvalue weighted by atomic mass is 10.3. The molecule has 1 amide bonds. The Morgan fingerprint density at radius 2 is 1.78 bits per heavy atom. The second-order valence-electron chi connectivity index (χ2n) is 4.94. The largest absolute Gasteiger partial charge is 0.326 e. The van der Waals surface area contributed by atoms with Crippen LogP contribution in [0.2, 0.25) is 5.02 Å². The van der Waals surface area contributed by atoms with Crippen LogP contribution in [0.25, 0.3) is 0 Å². The minimum Gasteiger partial charge on any atom is -0.326 e. The monoisotopic (exact) mass is 352 g/mol. The van der Waals surface area contributed by atoms with Gasteiger partial charge in [0.05, 0.1) is 10.6 Å². The highest BCUT2D eigenvalue weighted by Gasteiger charge is 2.15. The van der Waals surface area contributed by atoms with Gasteiger partial charge in [0.2, 0.25) is 5.91 Å². The molecule has 2 aromatic carbocycles. The van der Waals surface area contributed by atoms with Gasteiger partial charge in [0.25, 0.3) is 10.0 Å². The van der Waals surface area contributed by atoms with Gasteiger partial charge >= 0.3 is 0 Å². The number of halogens is 1. The van der Waals surface area contributed by atoms with E-state index in [1.165, 1.54) is 18.2 Å². The van der Waals surface area contributed by atoms with Crippen molar-refractivity contribution >= 4 is 38.9 Å². The van der Waals surface area contributed by atoms with Crippen molar-refractivity contribution in [2.75, 3.05) is 10.0 Å². The smallest absolute Gasteiger partial charge is 0.261 e. The molecule has 0 bridgehead atoms. The normalized spacial score (nSPS) is 11.0. The van der Waals surface area contributed by atoms with Gasteiger partial charge in [-0.25, -0.2) is 8.42 Å². The third-order valence-electron chi connectivity index (χ3n) is 2.98. The van der Waals surface area contributed by atoms with Crippen LogP contribution in [0.15, 0.2) is 53.4 Å².